The summed E-state index contributed by atoms with van der Waals surface area (Å²) in [5, 5.41) is 7.56. The van der Waals surface area contributed by atoms with E-state index >= 15 is 0 Å². The van der Waals surface area contributed by atoms with Crippen LogP contribution < -0.4 is 10.1 Å². The van der Waals surface area contributed by atoms with Crippen LogP contribution in [0.4, 0.5) is 5.69 Å². The lowest BCUT2D eigenvalue weighted by atomic mass is 10.1. The molecule has 0 radical (unpaired) electrons. The van der Waals surface area contributed by atoms with Gasteiger partial charge in [0.1, 0.15) is 12.4 Å². The highest BCUT2D eigenvalue weighted by atomic mass is 16.5. The summed E-state index contributed by atoms with van der Waals surface area (Å²) in [6.07, 6.45) is 0. The van der Waals surface area contributed by atoms with E-state index in [9.17, 15) is 9.59 Å². The summed E-state index contributed by atoms with van der Waals surface area (Å²) in [6.45, 7) is 4.53. The Hall–Kier alpha value is -4.39. The molecule has 0 aliphatic heterocycles. The van der Waals surface area contributed by atoms with Gasteiger partial charge in [-0.2, -0.15) is 5.10 Å². The Morgan fingerprint density at radius 2 is 1.60 bits per heavy atom. The molecule has 35 heavy (non-hydrogen) atoms. The molecule has 0 unspecified atom stereocenters. The molecule has 178 valence electrons. The smallest absolute Gasteiger partial charge is 0.338 e. The molecule has 1 heterocycles. The quantitative estimate of drug-likeness (QED) is 0.360. The van der Waals surface area contributed by atoms with Crippen LogP contribution in [0.2, 0.25) is 0 Å². The van der Waals surface area contributed by atoms with Gasteiger partial charge in [-0.1, -0.05) is 48.5 Å². The first-order valence-corrected chi connectivity index (χ1v) is 11.2. The first-order chi connectivity index (χ1) is 17.0. The van der Waals surface area contributed by atoms with Crippen molar-refractivity contribution in [3.8, 4) is 5.75 Å². The number of amides is 1. The fourth-order valence-electron chi connectivity index (χ4n) is 3.78. The summed E-state index contributed by atoms with van der Waals surface area (Å²) < 4.78 is 12.4. The van der Waals surface area contributed by atoms with Crippen molar-refractivity contribution in [3.63, 3.8) is 0 Å². The van der Waals surface area contributed by atoms with E-state index in [1.165, 1.54) is 7.11 Å². The van der Waals surface area contributed by atoms with E-state index in [0.717, 1.165) is 22.6 Å². The van der Waals surface area contributed by atoms with Gasteiger partial charge in [0, 0.05) is 5.56 Å². The summed E-state index contributed by atoms with van der Waals surface area (Å²) in [6, 6.07) is 24.2. The fourth-order valence-corrected chi connectivity index (χ4v) is 3.78. The third-order valence-corrected chi connectivity index (χ3v) is 5.73. The molecule has 0 saturated heterocycles. The number of nitrogens with one attached hydrogen (secondary N) is 1. The maximum Gasteiger partial charge on any atom is 0.338 e. The summed E-state index contributed by atoms with van der Waals surface area (Å²) in [7, 11) is 1.36. The second-order valence-electron chi connectivity index (χ2n) is 8.10. The molecule has 3 aromatic carbocycles. The number of methoxy groups -OCH3 is 1. The van der Waals surface area contributed by atoms with Gasteiger partial charge in [-0.25, -0.2) is 4.79 Å². The molecule has 0 atom stereocenters. The predicted molar refractivity (Wildman–Crippen MR) is 134 cm³/mol. The van der Waals surface area contributed by atoms with E-state index in [2.05, 4.69) is 10.4 Å². The van der Waals surface area contributed by atoms with Gasteiger partial charge < -0.3 is 14.8 Å². The Morgan fingerprint density at radius 3 is 2.31 bits per heavy atom. The highest BCUT2D eigenvalue weighted by molar-refractivity contribution is 6.04. The van der Waals surface area contributed by atoms with E-state index in [1.807, 2.05) is 68.4 Å². The topological polar surface area (TPSA) is 82.5 Å². The number of carbonyl (C=O) groups is 2. The van der Waals surface area contributed by atoms with Crippen molar-refractivity contribution in [3.05, 3.63) is 113 Å². The van der Waals surface area contributed by atoms with Crippen LogP contribution >= 0.6 is 0 Å². The monoisotopic (exact) mass is 469 g/mol. The largest absolute Gasteiger partial charge is 0.489 e. The van der Waals surface area contributed by atoms with E-state index in [0.29, 0.717) is 35.7 Å². The summed E-state index contributed by atoms with van der Waals surface area (Å²) in [5.74, 6) is 0.181. The third-order valence-electron chi connectivity index (χ3n) is 5.73. The number of rotatable bonds is 8. The van der Waals surface area contributed by atoms with Gasteiger partial charge in [0.15, 0.2) is 0 Å². The Labute approximate surface area is 204 Å². The average molecular weight is 470 g/mol. The number of aromatic nitrogens is 2. The minimum atomic E-state index is -0.395. The lowest BCUT2D eigenvalue weighted by molar-refractivity contribution is 0.0599. The van der Waals surface area contributed by atoms with Gasteiger partial charge in [0.2, 0.25) is 0 Å². The number of hydrogen-bond acceptors (Lipinski definition) is 5. The van der Waals surface area contributed by atoms with Crippen molar-refractivity contribution in [2.24, 2.45) is 0 Å². The second-order valence-corrected chi connectivity index (χ2v) is 8.10. The Kier molecular flexibility index (Phi) is 7.26. The number of ether oxygens (including phenoxy) is 2. The molecule has 1 N–H and O–H groups in total. The van der Waals surface area contributed by atoms with Crippen LogP contribution in [0.3, 0.4) is 0 Å². The molecule has 0 fully saturated rings. The first kappa shape index (κ1) is 23.8. The van der Waals surface area contributed by atoms with Crippen LogP contribution in [0.1, 0.15) is 43.2 Å². The molecule has 0 spiro atoms. The van der Waals surface area contributed by atoms with Crippen LogP contribution in [0.25, 0.3) is 0 Å². The molecular formula is C28H27N3O4. The number of nitrogens with zero attached hydrogens (tertiary/aromatic N) is 2. The molecule has 4 aromatic rings. The van der Waals surface area contributed by atoms with Crippen molar-refractivity contribution in [1.82, 2.24) is 9.78 Å². The minimum absolute atomic E-state index is 0.221. The number of esters is 1. The van der Waals surface area contributed by atoms with Gasteiger partial charge in [-0.15, -0.1) is 0 Å². The minimum Gasteiger partial charge on any atom is -0.489 e. The zero-order valence-electron chi connectivity index (χ0n) is 19.9. The third kappa shape index (κ3) is 5.58. The summed E-state index contributed by atoms with van der Waals surface area (Å²) >= 11 is 0. The lowest BCUT2D eigenvalue weighted by Crippen LogP contribution is -2.14. The van der Waals surface area contributed by atoms with Crippen molar-refractivity contribution >= 4 is 17.6 Å². The van der Waals surface area contributed by atoms with Crippen molar-refractivity contribution < 1.29 is 19.1 Å². The highest BCUT2D eigenvalue weighted by Gasteiger charge is 2.18. The SMILES string of the molecule is COC(=O)c1ccccc1Cn1nc(C)c(NC(=O)c2ccc(COc3ccccc3)cc2)c1C. The Balaban J connectivity index is 1.44. The highest BCUT2D eigenvalue weighted by Crippen LogP contribution is 2.23. The molecular weight excluding hydrogens is 442 g/mol. The number of benzene rings is 3. The molecule has 0 bridgehead atoms. The number of hydrogen-bond donors (Lipinski definition) is 1. The zero-order valence-corrected chi connectivity index (χ0v) is 19.9. The van der Waals surface area contributed by atoms with Crippen molar-refractivity contribution in [1.29, 1.82) is 0 Å². The molecule has 0 aliphatic carbocycles. The van der Waals surface area contributed by atoms with E-state index in [-0.39, 0.29) is 5.91 Å². The second kappa shape index (κ2) is 10.7. The van der Waals surface area contributed by atoms with Crippen LogP contribution in [-0.4, -0.2) is 28.8 Å². The Morgan fingerprint density at radius 1 is 0.914 bits per heavy atom. The maximum absolute atomic E-state index is 12.9. The van der Waals surface area contributed by atoms with E-state index in [1.54, 1.807) is 28.9 Å². The Bertz CT molecular complexity index is 1330. The molecule has 7 nitrogen and oxygen atoms in total. The fraction of sp³-hybridized carbons (Fsp3) is 0.179. The van der Waals surface area contributed by atoms with Crippen LogP contribution in [0.15, 0.2) is 78.9 Å². The molecule has 0 aliphatic rings. The first-order valence-electron chi connectivity index (χ1n) is 11.2. The maximum atomic E-state index is 12.9. The summed E-state index contributed by atoms with van der Waals surface area (Å²) in [5.41, 5.74) is 4.93. The molecule has 1 aromatic heterocycles. The van der Waals surface area contributed by atoms with Gasteiger partial charge in [-0.3, -0.25) is 9.48 Å². The molecule has 7 heteroatoms. The molecule has 4 rings (SSSR count). The standard InChI is InChI=1S/C28H27N3O4/c1-19-26(20(2)31(30-19)17-23-9-7-8-12-25(23)28(33)34-3)29-27(32)22-15-13-21(14-16-22)18-35-24-10-5-4-6-11-24/h4-16H,17-18H2,1-3H3,(H,29,32). The number of para-hydroxylation sites is 1. The zero-order chi connectivity index (χ0) is 24.8. The van der Waals surface area contributed by atoms with Gasteiger partial charge in [0.05, 0.1) is 36.3 Å². The van der Waals surface area contributed by atoms with Gasteiger partial charge in [-0.05, 0) is 55.3 Å². The number of anilines is 1. The van der Waals surface area contributed by atoms with Crippen LogP contribution in [0.5, 0.6) is 5.75 Å². The van der Waals surface area contributed by atoms with Gasteiger partial charge in [0.25, 0.3) is 5.91 Å². The average Bonchev–Trinajstić information content (AvgIpc) is 3.15. The summed E-state index contributed by atoms with van der Waals surface area (Å²) in [4.78, 5) is 25.0. The number of aryl methyl sites for hydroxylation is 1. The number of carbonyl (C=O) groups excluding carboxylic acids is 2. The van der Waals surface area contributed by atoms with E-state index in [4.69, 9.17) is 9.47 Å². The van der Waals surface area contributed by atoms with Gasteiger partial charge >= 0.3 is 5.97 Å². The predicted octanol–water partition coefficient (Wildman–Crippen LogP) is 5.17. The van der Waals surface area contributed by atoms with E-state index < -0.39 is 5.97 Å². The van der Waals surface area contributed by atoms with Crippen LogP contribution in [-0.2, 0) is 17.9 Å². The van der Waals surface area contributed by atoms with Crippen molar-refractivity contribution in [2.45, 2.75) is 27.0 Å². The molecule has 0 saturated carbocycles. The van der Waals surface area contributed by atoms with Crippen LogP contribution in [0, 0.1) is 13.8 Å². The normalized spacial score (nSPS) is 10.6. The van der Waals surface area contributed by atoms with Crippen molar-refractivity contribution in [2.75, 3.05) is 12.4 Å². The lowest BCUT2D eigenvalue weighted by Gasteiger charge is -2.10. The molecule has 1 amide bonds.